The smallest absolute Gasteiger partial charge is 0.252 e. The zero-order valence-corrected chi connectivity index (χ0v) is 9.58. The van der Waals surface area contributed by atoms with E-state index in [9.17, 15) is 10.1 Å². The van der Waals surface area contributed by atoms with Gasteiger partial charge in [0.25, 0.3) is 5.70 Å². The van der Waals surface area contributed by atoms with Crippen LogP contribution in [-0.4, -0.2) is 4.92 Å². The number of hydrogen-bond donors (Lipinski definition) is 0. The van der Waals surface area contributed by atoms with Crippen molar-refractivity contribution in [2.24, 2.45) is 0 Å². The highest BCUT2D eigenvalue weighted by Gasteiger charge is 2.06. The summed E-state index contributed by atoms with van der Waals surface area (Å²) in [4.78, 5) is 11.2. The fraction of sp³-hybridized carbons (Fsp3) is 0.273. The van der Waals surface area contributed by atoms with Gasteiger partial charge in [-0.25, -0.2) is 0 Å². The Morgan fingerprint density at radius 3 is 2.53 bits per heavy atom. The molecule has 15 heavy (non-hydrogen) atoms. The Balaban J connectivity index is 2.70. The van der Waals surface area contributed by atoms with E-state index >= 15 is 0 Å². The highest BCUT2D eigenvalue weighted by Crippen LogP contribution is 2.21. The zero-order chi connectivity index (χ0) is 11.3. The van der Waals surface area contributed by atoms with Crippen molar-refractivity contribution >= 4 is 11.8 Å². The number of allylic oxidation sites excluding steroid dienone is 1. The Labute approximate surface area is 93.3 Å². The molecule has 0 N–H and O–H groups in total. The maximum atomic E-state index is 10.5. The monoisotopic (exact) mass is 223 g/mol. The minimum absolute atomic E-state index is 0.251. The van der Waals surface area contributed by atoms with E-state index in [-0.39, 0.29) is 10.6 Å². The third-order valence-corrected chi connectivity index (χ3v) is 2.88. The fourth-order valence-corrected chi connectivity index (χ4v) is 1.83. The fourth-order valence-electron chi connectivity index (χ4n) is 1.01. The first-order chi connectivity index (χ1) is 7.13. The van der Waals surface area contributed by atoms with Gasteiger partial charge in [-0.15, -0.1) is 0 Å². The van der Waals surface area contributed by atoms with E-state index in [0.717, 1.165) is 4.90 Å². The van der Waals surface area contributed by atoms with Crippen LogP contribution in [0.5, 0.6) is 0 Å². The lowest BCUT2D eigenvalue weighted by molar-refractivity contribution is -0.427. The number of nitro groups is 1. The molecule has 0 unspecified atom stereocenters. The standard InChI is InChI=1S/C11H13NO2S/c1-3-10(12(13)14)8-15-11-6-4-9(2)5-7-11/h4-8H,3H2,1-2H3. The number of nitrogens with zero attached hydrogens (tertiary/aromatic N) is 1. The van der Waals surface area contributed by atoms with Gasteiger partial charge in [0.15, 0.2) is 0 Å². The third-order valence-electron chi connectivity index (χ3n) is 1.95. The van der Waals surface area contributed by atoms with E-state index in [2.05, 4.69) is 0 Å². The van der Waals surface area contributed by atoms with Crippen molar-refractivity contribution in [3.8, 4) is 0 Å². The first kappa shape index (κ1) is 11.8. The first-order valence-corrected chi connectivity index (χ1v) is 5.58. The van der Waals surface area contributed by atoms with Gasteiger partial charge in [0.2, 0.25) is 0 Å². The minimum Gasteiger partial charge on any atom is -0.259 e. The van der Waals surface area contributed by atoms with Crippen LogP contribution in [-0.2, 0) is 0 Å². The average molecular weight is 223 g/mol. The lowest BCUT2D eigenvalue weighted by Gasteiger charge is -1.97. The molecule has 1 rings (SSSR count). The van der Waals surface area contributed by atoms with Gasteiger partial charge in [0.05, 0.1) is 4.92 Å². The highest BCUT2D eigenvalue weighted by molar-refractivity contribution is 8.02. The van der Waals surface area contributed by atoms with Gasteiger partial charge in [-0.1, -0.05) is 36.4 Å². The van der Waals surface area contributed by atoms with Crippen LogP contribution in [0.15, 0.2) is 40.3 Å². The summed E-state index contributed by atoms with van der Waals surface area (Å²) in [6, 6.07) is 7.91. The van der Waals surface area contributed by atoms with Crippen LogP contribution in [0.3, 0.4) is 0 Å². The van der Waals surface area contributed by atoms with Crippen molar-refractivity contribution in [3.63, 3.8) is 0 Å². The number of benzene rings is 1. The van der Waals surface area contributed by atoms with Crippen LogP contribution in [0, 0.1) is 17.0 Å². The van der Waals surface area contributed by atoms with Crippen LogP contribution in [0.25, 0.3) is 0 Å². The summed E-state index contributed by atoms with van der Waals surface area (Å²) < 4.78 is 0. The molecule has 1 aromatic rings. The molecule has 0 saturated heterocycles. The molecule has 3 nitrogen and oxygen atoms in total. The zero-order valence-electron chi connectivity index (χ0n) is 8.77. The number of rotatable bonds is 4. The van der Waals surface area contributed by atoms with Crippen LogP contribution < -0.4 is 0 Å². The van der Waals surface area contributed by atoms with Gasteiger partial charge in [-0.3, -0.25) is 10.1 Å². The topological polar surface area (TPSA) is 43.1 Å². The van der Waals surface area contributed by atoms with E-state index in [1.54, 1.807) is 12.3 Å². The predicted octanol–water partition coefficient (Wildman–Crippen LogP) is 3.62. The molecule has 0 spiro atoms. The van der Waals surface area contributed by atoms with E-state index in [4.69, 9.17) is 0 Å². The normalized spacial score (nSPS) is 11.5. The second-order valence-corrected chi connectivity index (χ2v) is 4.09. The quantitative estimate of drug-likeness (QED) is 0.445. The number of aryl methyl sites for hydroxylation is 1. The Morgan fingerprint density at radius 1 is 1.47 bits per heavy atom. The minimum atomic E-state index is -0.332. The van der Waals surface area contributed by atoms with Crippen molar-refractivity contribution in [3.05, 3.63) is 51.0 Å². The van der Waals surface area contributed by atoms with Crippen LogP contribution in [0.4, 0.5) is 0 Å². The molecule has 0 amide bonds. The molecule has 0 aromatic heterocycles. The van der Waals surface area contributed by atoms with E-state index in [1.165, 1.54) is 17.3 Å². The average Bonchev–Trinajstić information content (AvgIpc) is 2.21. The van der Waals surface area contributed by atoms with Gasteiger partial charge < -0.3 is 0 Å². The number of hydrogen-bond acceptors (Lipinski definition) is 3. The van der Waals surface area contributed by atoms with Crippen molar-refractivity contribution < 1.29 is 4.92 Å². The molecule has 80 valence electrons. The molecule has 0 saturated carbocycles. The maximum Gasteiger partial charge on any atom is 0.252 e. The summed E-state index contributed by atoms with van der Waals surface area (Å²) in [6.45, 7) is 3.79. The van der Waals surface area contributed by atoms with Gasteiger partial charge >= 0.3 is 0 Å². The Kier molecular flexibility index (Phi) is 4.37. The van der Waals surface area contributed by atoms with Crippen molar-refractivity contribution in [1.29, 1.82) is 0 Å². The van der Waals surface area contributed by atoms with Crippen LogP contribution >= 0.6 is 11.8 Å². The lowest BCUT2D eigenvalue weighted by atomic mass is 10.2. The van der Waals surface area contributed by atoms with E-state index in [0.29, 0.717) is 6.42 Å². The predicted molar refractivity (Wildman–Crippen MR) is 62.4 cm³/mol. The Bertz CT molecular complexity index is 371. The van der Waals surface area contributed by atoms with Crippen molar-refractivity contribution in [1.82, 2.24) is 0 Å². The second-order valence-electron chi connectivity index (χ2n) is 3.15. The summed E-state index contributed by atoms with van der Waals surface area (Å²) in [7, 11) is 0. The summed E-state index contributed by atoms with van der Waals surface area (Å²) in [6.07, 6.45) is 0.450. The summed E-state index contributed by atoms with van der Waals surface area (Å²) in [5, 5.41) is 12.1. The number of thioether (sulfide) groups is 1. The SMILES string of the molecule is CCC(=CSc1ccc(C)cc1)[N+](=O)[O-]. The molecule has 0 radical (unpaired) electrons. The van der Waals surface area contributed by atoms with E-state index < -0.39 is 0 Å². The Morgan fingerprint density at radius 2 is 2.07 bits per heavy atom. The first-order valence-electron chi connectivity index (χ1n) is 4.70. The Hall–Kier alpha value is -1.29. The lowest BCUT2D eigenvalue weighted by Crippen LogP contribution is -1.95. The van der Waals surface area contributed by atoms with Crippen LogP contribution in [0.1, 0.15) is 18.9 Å². The molecule has 1 aromatic carbocycles. The molecule has 0 aliphatic carbocycles. The molecular weight excluding hydrogens is 210 g/mol. The highest BCUT2D eigenvalue weighted by atomic mass is 32.2. The van der Waals surface area contributed by atoms with Crippen LogP contribution in [0.2, 0.25) is 0 Å². The molecule has 0 atom stereocenters. The summed E-state index contributed by atoms with van der Waals surface area (Å²) in [5.74, 6) is 0. The molecule has 0 bridgehead atoms. The van der Waals surface area contributed by atoms with Gasteiger partial charge in [-0.2, -0.15) is 0 Å². The van der Waals surface area contributed by atoms with Gasteiger partial charge in [0.1, 0.15) is 0 Å². The van der Waals surface area contributed by atoms with Gasteiger partial charge in [-0.05, 0) is 19.1 Å². The molecule has 4 heteroatoms. The molecule has 0 fully saturated rings. The van der Waals surface area contributed by atoms with Crippen molar-refractivity contribution in [2.45, 2.75) is 25.2 Å². The van der Waals surface area contributed by atoms with E-state index in [1.807, 2.05) is 31.2 Å². The third kappa shape index (κ3) is 3.75. The van der Waals surface area contributed by atoms with Gasteiger partial charge in [0, 0.05) is 16.7 Å². The maximum absolute atomic E-state index is 10.5. The summed E-state index contributed by atoms with van der Waals surface area (Å²) in [5.41, 5.74) is 1.44. The summed E-state index contributed by atoms with van der Waals surface area (Å²) >= 11 is 1.39. The molecule has 0 aliphatic rings. The molecule has 0 aliphatic heterocycles. The van der Waals surface area contributed by atoms with Crippen molar-refractivity contribution in [2.75, 3.05) is 0 Å². The molecular formula is C11H13NO2S. The second kappa shape index (κ2) is 5.56. The molecule has 0 heterocycles. The largest absolute Gasteiger partial charge is 0.259 e.